The molecule has 0 saturated heterocycles. The van der Waals surface area contributed by atoms with Gasteiger partial charge in [0.2, 0.25) is 0 Å². The predicted molar refractivity (Wildman–Crippen MR) is 335 cm³/mol. The summed E-state index contributed by atoms with van der Waals surface area (Å²) >= 11 is 0. The molecule has 0 saturated carbocycles. The third kappa shape index (κ3) is 64.3. The average Bonchev–Trinajstić information content (AvgIpc) is 3.43. The Morgan fingerprint density at radius 1 is 0.260 bits per heavy atom. The van der Waals surface area contributed by atoms with Crippen LogP contribution in [0.15, 0.2) is 36.5 Å². The summed E-state index contributed by atoms with van der Waals surface area (Å²) in [6.45, 7) is 6.68. The van der Waals surface area contributed by atoms with E-state index in [-0.39, 0.29) is 31.1 Å². The zero-order chi connectivity index (χ0) is 55.7. The zero-order valence-corrected chi connectivity index (χ0v) is 52.0. The van der Waals surface area contributed by atoms with Gasteiger partial charge in [-0.2, -0.15) is 0 Å². The van der Waals surface area contributed by atoms with Crippen LogP contribution in [0.1, 0.15) is 380 Å². The van der Waals surface area contributed by atoms with Crippen LogP contribution in [0.5, 0.6) is 0 Å². The quantitative estimate of drug-likeness (QED) is 0.0261. The molecule has 0 spiro atoms. The topological polar surface area (TPSA) is 78.9 Å². The fourth-order valence-corrected chi connectivity index (χ4v) is 10.5. The molecule has 0 radical (unpaired) electrons. The molecule has 6 nitrogen and oxygen atoms in total. The predicted octanol–water partition coefficient (Wildman–Crippen LogP) is 23.6. The molecular weight excluding hydrogens is 949 g/mol. The van der Waals surface area contributed by atoms with Crippen molar-refractivity contribution in [3.63, 3.8) is 0 Å². The van der Waals surface area contributed by atoms with Crippen LogP contribution in [0.2, 0.25) is 0 Å². The van der Waals surface area contributed by atoms with Crippen LogP contribution in [0.25, 0.3) is 0 Å². The van der Waals surface area contributed by atoms with Gasteiger partial charge in [-0.3, -0.25) is 14.4 Å². The average molecular weight is 1080 g/mol. The Balaban J connectivity index is 4.21. The summed E-state index contributed by atoms with van der Waals surface area (Å²) in [6, 6.07) is 0. The minimum atomic E-state index is -0.773. The number of hydrogen-bond donors (Lipinski definition) is 0. The summed E-state index contributed by atoms with van der Waals surface area (Å²) in [5.41, 5.74) is 0. The van der Waals surface area contributed by atoms with Gasteiger partial charge in [0.15, 0.2) is 6.10 Å². The molecule has 0 heterocycles. The maximum absolute atomic E-state index is 12.9. The molecule has 452 valence electrons. The lowest BCUT2D eigenvalue weighted by Gasteiger charge is -2.18. The van der Waals surface area contributed by atoms with Crippen molar-refractivity contribution in [2.75, 3.05) is 13.2 Å². The first kappa shape index (κ1) is 74.6. The molecule has 0 aliphatic rings. The summed E-state index contributed by atoms with van der Waals surface area (Å²) in [5, 5.41) is 0. The number of allylic oxidation sites excluding steroid dienone is 6. The number of rotatable bonds is 64. The van der Waals surface area contributed by atoms with Crippen molar-refractivity contribution in [1.82, 2.24) is 0 Å². The molecule has 0 aliphatic carbocycles. The van der Waals surface area contributed by atoms with E-state index in [0.717, 1.165) is 77.0 Å². The van der Waals surface area contributed by atoms with Gasteiger partial charge in [0, 0.05) is 19.3 Å². The van der Waals surface area contributed by atoms with E-state index in [0.29, 0.717) is 19.3 Å². The van der Waals surface area contributed by atoms with Crippen LogP contribution in [0, 0.1) is 0 Å². The van der Waals surface area contributed by atoms with Crippen molar-refractivity contribution < 1.29 is 28.6 Å². The first-order valence-electron chi connectivity index (χ1n) is 34.5. The number of unbranched alkanes of at least 4 members (excludes halogenated alkanes) is 47. The molecule has 0 rings (SSSR count). The van der Waals surface area contributed by atoms with Crippen molar-refractivity contribution in [1.29, 1.82) is 0 Å². The minimum absolute atomic E-state index is 0.0696. The zero-order valence-electron chi connectivity index (χ0n) is 52.0. The van der Waals surface area contributed by atoms with Crippen LogP contribution < -0.4 is 0 Å². The van der Waals surface area contributed by atoms with Crippen molar-refractivity contribution in [2.24, 2.45) is 0 Å². The maximum atomic E-state index is 12.9. The highest BCUT2D eigenvalue weighted by atomic mass is 16.6. The first-order valence-corrected chi connectivity index (χ1v) is 34.5. The maximum Gasteiger partial charge on any atom is 0.306 e. The third-order valence-electron chi connectivity index (χ3n) is 15.6. The van der Waals surface area contributed by atoms with Crippen LogP contribution in [-0.4, -0.2) is 37.2 Å². The number of esters is 3. The Morgan fingerprint density at radius 3 is 0.727 bits per heavy atom. The van der Waals surface area contributed by atoms with Gasteiger partial charge < -0.3 is 14.2 Å². The smallest absolute Gasteiger partial charge is 0.306 e. The molecular formula is C71H132O6. The van der Waals surface area contributed by atoms with Crippen LogP contribution in [0.3, 0.4) is 0 Å². The fourth-order valence-electron chi connectivity index (χ4n) is 10.5. The molecule has 0 aromatic rings. The summed E-state index contributed by atoms with van der Waals surface area (Å²) in [5.74, 6) is -0.851. The van der Waals surface area contributed by atoms with Crippen molar-refractivity contribution in [3.8, 4) is 0 Å². The second kappa shape index (κ2) is 66.1. The Hall–Kier alpha value is -2.37. The number of carbonyl (C=O) groups is 3. The Bertz CT molecular complexity index is 1290. The lowest BCUT2D eigenvalue weighted by atomic mass is 10.0. The molecule has 0 amide bonds. The van der Waals surface area contributed by atoms with Gasteiger partial charge >= 0.3 is 17.9 Å². The van der Waals surface area contributed by atoms with Gasteiger partial charge in [-0.25, -0.2) is 0 Å². The van der Waals surface area contributed by atoms with Gasteiger partial charge in [0.1, 0.15) is 13.2 Å². The highest BCUT2D eigenvalue weighted by Crippen LogP contribution is 2.18. The number of ether oxygens (including phenoxy) is 3. The van der Waals surface area contributed by atoms with Gasteiger partial charge in [0.25, 0.3) is 0 Å². The van der Waals surface area contributed by atoms with E-state index in [2.05, 4.69) is 57.2 Å². The summed E-state index contributed by atoms with van der Waals surface area (Å²) in [4.78, 5) is 38.3. The molecule has 0 fully saturated rings. The summed E-state index contributed by atoms with van der Waals surface area (Å²) < 4.78 is 17.0. The molecule has 0 bridgehead atoms. The SMILES string of the molecule is CCCCCCC/C=C\C/C=C\C/C=C\CCCCCCCCCCC(=O)OC(COC(=O)CCCCCCCCCCCCC)COC(=O)CCCCCCCCCCCCCCCCCCCCCCCCCCC. The Kier molecular flexibility index (Phi) is 64.1. The second-order valence-corrected chi connectivity index (χ2v) is 23.5. The largest absolute Gasteiger partial charge is 0.462 e. The Morgan fingerprint density at radius 2 is 0.468 bits per heavy atom. The molecule has 6 heteroatoms. The lowest BCUT2D eigenvalue weighted by molar-refractivity contribution is -0.167. The van der Waals surface area contributed by atoms with Crippen molar-refractivity contribution in [2.45, 2.75) is 386 Å². The minimum Gasteiger partial charge on any atom is -0.462 e. The summed E-state index contributed by atoms with van der Waals surface area (Å²) in [6.07, 6.45) is 81.7. The van der Waals surface area contributed by atoms with Crippen molar-refractivity contribution in [3.05, 3.63) is 36.5 Å². The molecule has 1 unspecified atom stereocenters. The van der Waals surface area contributed by atoms with E-state index in [1.807, 2.05) is 0 Å². The van der Waals surface area contributed by atoms with Crippen molar-refractivity contribution >= 4 is 17.9 Å². The fraction of sp³-hybridized carbons (Fsp3) is 0.873. The molecule has 0 aromatic heterocycles. The van der Waals surface area contributed by atoms with E-state index in [1.165, 1.54) is 263 Å². The highest BCUT2D eigenvalue weighted by molar-refractivity contribution is 5.71. The van der Waals surface area contributed by atoms with E-state index in [9.17, 15) is 14.4 Å². The van der Waals surface area contributed by atoms with Gasteiger partial charge in [-0.05, 0) is 57.8 Å². The molecule has 77 heavy (non-hydrogen) atoms. The standard InChI is InChI=1S/C71H132O6/c1-4-7-10-13-16-19-22-24-26-28-30-32-34-35-37-38-40-42-44-46-49-52-55-58-61-64-70(73)76-67-68(66-75-69(72)63-60-57-54-51-48-21-18-15-12-9-6-3)77-71(74)65-62-59-56-53-50-47-45-43-41-39-36-33-31-29-27-25-23-20-17-14-11-8-5-2/h23,25,29,31,36,39,68H,4-22,24,26-28,30,32-35,37-38,40-67H2,1-3H3/b25-23-,31-29-,39-36-. The first-order chi connectivity index (χ1) is 38.0. The molecule has 0 N–H and O–H groups in total. The van der Waals surface area contributed by atoms with E-state index in [1.54, 1.807) is 0 Å². The van der Waals surface area contributed by atoms with E-state index < -0.39 is 6.10 Å². The van der Waals surface area contributed by atoms with Crippen LogP contribution in [-0.2, 0) is 28.6 Å². The normalized spacial score (nSPS) is 12.2. The Labute approximate surface area is 480 Å². The molecule has 0 aliphatic heterocycles. The number of carbonyl (C=O) groups excluding carboxylic acids is 3. The lowest BCUT2D eigenvalue weighted by Crippen LogP contribution is -2.30. The molecule has 0 aromatic carbocycles. The molecule has 1 atom stereocenters. The van der Waals surface area contributed by atoms with Crippen LogP contribution >= 0.6 is 0 Å². The van der Waals surface area contributed by atoms with Gasteiger partial charge in [0.05, 0.1) is 0 Å². The third-order valence-corrected chi connectivity index (χ3v) is 15.6. The highest BCUT2D eigenvalue weighted by Gasteiger charge is 2.19. The monoisotopic (exact) mass is 1080 g/mol. The van der Waals surface area contributed by atoms with E-state index >= 15 is 0 Å². The number of hydrogen-bond acceptors (Lipinski definition) is 6. The van der Waals surface area contributed by atoms with Gasteiger partial charge in [-0.1, -0.05) is 340 Å². The van der Waals surface area contributed by atoms with Crippen LogP contribution in [0.4, 0.5) is 0 Å². The van der Waals surface area contributed by atoms with Gasteiger partial charge in [-0.15, -0.1) is 0 Å². The van der Waals surface area contributed by atoms with E-state index in [4.69, 9.17) is 14.2 Å². The summed E-state index contributed by atoms with van der Waals surface area (Å²) in [7, 11) is 0. The second-order valence-electron chi connectivity index (χ2n) is 23.5.